The third kappa shape index (κ3) is 6.44. The molecule has 1 heterocycles. The molecule has 0 saturated carbocycles. The van der Waals surface area contributed by atoms with E-state index in [2.05, 4.69) is 15.2 Å². The first-order chi connectivity index (χ1) is 17.3. The molecule has 4 rings (SSSR count). The number of hydrazone groups is 1. The Bertz CT molecular complexity index is 1480. The minimum atomic E-state index is -3.73. The summed E-state index contributed by atoms with van der Waals surface area (Å²) >= 11 is 1.30. The van der Waals surface area contributed by atoms with Crippen molar-refractivity contribution in [3.8, 4) is 5.75 Å². The molecule has 0 unspecified atom stereocenters. The minimum Gasteiger partial charge on any atom is -0.422 e. The summed E-state index contributed by atoms with van der Waals surface area (Å²) in [5, 5.41) is 5.73. The van der Waals surface area contributed by atoms with Crippen molar-refractivity contribution >= 4 is 45.1 Å². The Balaban J connectivity index is 1.30. The van der Waals surface area contributed by atoms with E-state index in [9.17, 15) is 18.0 Å². The summed E-state index contributed by atoms with van der Waals surface area (Å²) in [7, 11) is -3.73. The molecule has 2 N–H and O–H groups in total. The predicted octanol–water partition coefficient (Wildman–Crippen LogP) is 4.84. The highest BCUT2D eigenvalue weighted by Gasteiger charge is 2.14. The van der Waals surface area contributed by atoms with Crippen LogP contribution in [0.1, 0.15) is 31.2 Å². The van der Waals surface area contributed by atoms with Gasteiger partial charge in [0.1, 0.15) is 10.6 Å². The van der Waals surface area contributed by atoms with Crippen molar-refractivity contribution in [2.45, 2.75) is 11.8 Å². The molecule has 0 spiro atoms. The highest BCUT2D eigenvalue weighted by Crippen LogP contribution is 2.18. The second kappa shape index (κ2) is 11.0. The molecular formula is C26H21N3O5S2. The number of sulfonamides is 1. The summed E-state index contributed by atoms with van der Waals surface area (Å²) in [6, 6.07) is 22.6. The summed E-state index contributed by atoms with van der Waals surface area (Å²) in [5.74, 6) is -0.485. The number of thiophene rings is 1. The lowest BCUT2D eigenvalue weighted by molar-refractivity contribution is 0.0739. The zero-order chi connectivity index (χ0) is 25.5. The second-order valence-corrected chi connectivity index (χ2v) is 10.3. The molecule has 10 heteroatoms. The molecule has 0 atom stereocenters. The molecule has 0 aliphatic heterocycles. The van der Waals surface area contributed by atoms with Gasteiger partial charge in [-0.05, 0) is 84.6 Å². The van der Waals surface area contributed by atoms with Gasteiger partial charge in [-0.1, -0.05) is 23.8 Å². The van der Waals surface area contributed by atoms with Gasteiger partial charge in [-0.25, -0.2) is 18.6 Å². The van der Waals surface area contributed by atoms with Gasteiger partial charge in [0.15, 0.2) is 0 Å². The summed E-state index contributed by atoms with van der Waals surface area (Å²) in [4.78, 5) is 25.0. The zero-order valence-electron chi connectivity index (χ0n) is 19.0. The highest BCUT2D eigenvalue weighted by molar-refractivity contribution is 7.92. The van der Waals surface area contributed by atoms with Crippen LogP contribution in [0.3, 0.4) is 0 Å². The van der Waals surface area contributed by atoms with Crippen LogP contribution in [0.15, 0.2) is 100 Å². The van der Waals surface area contributed by atoms with Crippen LogP contribution in [-0.2, 0) is 10.0 Å². The molecule has 1 aromatic heterocycles. The topological polar surface area (TPSA) is 114 Å². The molecule has 0 saturated heterocycles. The standard InChI is InChI=1S/C26H21N3O5S2/c1-18-4-14-23(15-5-18)36(32,33)29-21-10-8-20(9-11-21)25(30)28-27-17-19-6-12-22(13-7-19)34-26(31)24-3-2-16-35-24/h2-17,29H,1H3,(H,28,30). The van der Waals surface area contributed by atoms with E-state index in [-0.39, 0.29) is 4.90 Å². The van der Waals surface area contributed by atoms with Gasteiger partial charge in [0.05, 0.1) is 11.1 Å². The maximum atomic E-state index is 12.5. The number of nitrogens with one attached hydrogen (secondary N) is 2. The third-order valence-corrected chi connectivity index (χ3v) is 7.17. The number of benzene rings is 3. The van der Waals surface area contributed by atoms with Gasteiger partial charge in [0.2, 0.25) is 0 Å². The Morgan fingerprint density at radius 1 is 0.917 bits per heavy atom. The number of carbonyl (C=O) groups excluding carboxylic acids is 2. The van der Waals surface area contributed by atoms with Crippen LogP contribution in [0.25, 0.3) is 0 Å². The van der Waals surface area contributed by atoms with Crippen LogP contribution in [0.2, 0.25) is 0 Å². The molecule has 1 amide bonds. The average Bonchev–Trinajstić information content (AvgIpc) is 3.41. The van der Waals surface area contributed by atoms with Crippen LogP contribution in [0, 0.1) is 6.92 Å². The van der Waals surface area contributed by atoms with Crippen LogP contribution in [0.5, 0.6) is 5.75 Å². The summed E-state index contributed by atoms with van der Waals surface area (Å²) in [6.07, 6.45) is 1.45. The predicted molar refractivity (Wildman–Crippen MR) is 139 cm³/mol. The van der Waals surface area contributed by atoms with E-state index in [1.807, 2.05) is 6.92 Å². The monoisotopic (exact) mass is 519 g/mol. The van der Waals surface area contributed by atoms with Crippen molar-refractivity contribution in [3.05, 3.63) is 112 Å². The first-order valence-corrected chi connectivity index (χ1v) is 13.1. The molecule has 4 aromatic rings. The first-order valence-electron chi connectivity index (χ1n) is 10.7. The number of ether oxygens (including phenoxy) is 1. The molecule has 0 aliphatic carbocycles. The Morgan fingerprint density at radius 2 is 1.61 bits per heavy atom. The Hall–Kier alpha value is -4.28. The fraction of sp³-hybridized carbons (Fsp3) is 0.0385. The van der Waals surface area contributed by atoms with Crippen LogP contribution in [-0.4, -0.2) is 26.5 Å². The number of anilines is 1. The average molecular weight is 520 g/mol. The maximum absolute atomic E-state index is 12.5. The number of nitrogens with zero attached hydrogens (tertiary/aromatic N) is 1. The molecule has 0 radical (unpaired) electrons. The van der Waals surface area contributed by atoms with Crippen LogP contribution < -0.4 is 14.9 Å². The van der Waals surface area contributed by atoms with E-state index >= 15 is 0 Å². The summed E-state index contributed by atoms with van der Waals surface area (Å²) < 4.78 is 32.8. The number of amides is 1. The number of esters is 1. The van der Waals surface area contributed by atoms with E-state index in [0.717, 1.165) is 5.56 Å². The van der Waals surface area contributed by atoms with Crippen molar-refractivity contribution in [1.29, 1.82) is 0 Å². The number of aryl methyl sites for hydroxylation is 1. The lowest BCUT2D eigenvalue weighted by Gasteiger charge is -2.09. The minimum absolute atomic E-state index is 0.151. The Labute approximate surface area is 212 Å². The molecule has 36 heavy (non-hydrogen) atoms. The van der Waals surface area contributed by atoms with Gasteiger partial charge in [0, 0.05) is 11.3 Å². The maximum Gasteiger partial charge on any atom is 0.353 e. The molecule has 0 aliphatic rings. The first kappa shape index (κ1) is 24.8. The van der Waals surface area contributed by atoms with E-state index < -0.39 is 21.9 Å². The van der Waals surface area contributed by atoms with Crippen molar-refractivity contribution in [3.63, 3.8) is 0 Å². The molecule has 8 nitrogen and oxygen atoms in total. The molecule has 0 fully saturated rings. The van der Waals surface area contributed by atoms with E-state index in [4.69, 9.17) is 4.74 Å². The van der Waals surface area contributed by atoms with E-state index in [1.54, 1.807) is 53.9 Å². The quantitative estimate of drug-likeness (QED) is 0.150. The largest absolute Gasteiger partial charge is 0.422 e. The Morgan fingerprint density at radius 3 is 2.25 bits per heavy atom. The highest BCUT2D eigenvalue weighted by atomic mass is 32.2. The number of hydrogen-bond donors (Lipinski definition) is 2. The normalized spacial score (nSPS) is 11.2. The van der Waals surface area contributed by atoms with Crippen molar-refractivity contribution < 1.29 is 22.7 Å². The summed E-state index contributed by atoms with van der Waals surface area (Å²) in [5.41, 5.74) is 4.70. The SMILES string of the molecule is Cc1ccc(S(=O)(=O)Nc2ccc(C(=O)NN=Cc3ccc(OC(=O)c4cccs4)cc3)cc2)cc1. The Kier molecular flexibility index (Phi) is 7.57. The fourth-order valence-corrected chi connectivity index (χ4v) is 4.68. The smallest absolute Gasteiger partial charge is 0.353 e. The molecule has 182 valence electrons. The van der Waals surface area contributed by atoms with Gasteiger partial charge in [-0.2, -0.15) is 5.10 Å². The van der Waals surface area contributed by atoms with Gasteiger partial charge >= 0.3 is 5.97 Å². The van der Waals surface area contributed by atoms with Gasteiger partial charge < -0.3 is 4.74 Å². The van der Waals surface area contributed by atoms with Crippen LogP contribution in [0.4, 0.5) is 5.69 Å². The number of rotatable bonds is 8. The summed E-state index contributed by atoms with van der Waals surface area (Å²) in [6.45, 7) is 1.88. The van der Waals surface area contributed by atoms with Gasteiger partial charge in [-0.3, -0.25) is 9.52 Å². The molecule has 3 aromatic carbocycles. The zero-order valence-corrected chi connectivity index (χ0v) is 20.7. The van der Waals surface area contributed by atoms with E-state index in [1.165, 1.54) is 53.9 Å². The van der Waals surface area contributed by atoms with Gasteiger partial charge in [0.25, 0.3) is 15.9 Å². The fourth-order valence-electron chi connectivity index (χ4n) is 3.03. The number of carbonyl (C=O) groups is 2. The van der Waals surface area contributed by atoms with Crippen molar-refractivity contribution in [1.82, 2.24) is 5.43 Å². The van der Waals surface area contributed by atoms with E-state index in [0.29, 0.717) is 27.4 Å². The molecule has 0 bridgehead atoms. The lowest BCUT2D eigenvalue weighted by Crippen LogP contribution is -2.18. The lowest BCUT2D eigenvalue weighted by atomic mass is 10.2. The third-order valence-electron chi connectivity index (χ3n) is 4.92. The molecular weight excluding hydrogens is 498 g/mol. The van der Waals surface area contributed by atoms with Crippen LogP contribution >= 0.6 is 11.3 Å². The number of hydrogen-bond acceptors (Lipinski definition) is 7. The van der Waals surface area contributed by atoms with Crippen molar-refractivity contribution in [2.75, 3.05) is 4.72 Å². The van der Waals surface area contributed by atoms with Crippen molar-refractivity contribution in [2.24, 2.45) is 5.10 Å². The van der Waals surface area contributed by atoms with Gasteiger partial charge in [-0.15, -0.1) is 11.3 Å². The second-order valence-electron chi connectivity index (χ2n) is 7.63.